The van der Waals surface area contributed by atoms with Crippen LogP contribution in [-0.2, 0) is 21.6 Å². The lowest BCUT2D eigenvalue weighted by atomic mass is 9.91. The van der Waals surface area contributed by atoms with Gasteiger partial charge in [-0.1, -0.05) is 24.3 Å². The molecule has 1 amide bonds. The van der Waals surface area contributed by atoms with Gasteiger partial charge in [-0.25, -0.2) is 9.19 Å². The molecule has 0 bridgehead atoms. The van der Waals surface area contributed by atoms with Crippen molar-refractivity contribution in [3.05, 3.63) is 73.6 Å². The summed E-state index contributed by atoms with van der Waals surface area (Å²) >= 11 is -2.05. The van der Waals surface area contributed by atoms with Crippen LogP contribution in [-0.4, -0.2) is 47.5 Å². The van der Waals surface area contributed by atoms with E-state index in [4.69, 9.17) is 4.55 Å². The Hall–Kier alpha value is -3.25. The minimum absolute atomic E-state index is 0.106. The second kappa shape index (κ2) is 9.98. The van der Waals surface area contributed by atoms with Gasteiger partial charge in [0.15, 0.2) is 11.1 Å². The molecule has 0 aliphatic rings. The molecule has 0 saturated carbocycles. The fourth-order valence-corrected chi connectivity index (χ4v) is 3.48. The van der Waals surface area contributed by atoms with Crippen LogP contribution in [0.1, 0.15) is 36.6 Å². The van der Waals surface area contributed by atoms with Crippen LogP contribution in [0.4, 0.5) is 11.4 Å². The molecule has 1 aromatic heterocycles. The lowest BCUT2D eigenvalue weighted by Crippen LogP contribution is -2.36. The zero-order valence-electron chi connectivity index (χ0n) is 16.3. The molecule has 12 heteroatoms. The Bertz CT molecular complexity index is 977. The van der Waals surface area contributed by atoms with Crippen molar-refractivity contribution in [3.63, 3.8) is 0 Å². The second-order valence-corrected chi connectivity index (χ2v) is 7.19. The largest absolute Gasteiger partial charge is 0.342 e. The van der Waals surface area contributed by atoms with Gasteiger partial charge in [-0.15, -0.1) is 0 Å². The van der Waals surface area contributed by atoms with Gasteiger partial charge in [-0.3, -0.25) is 25.0 Å². The van der Waals surface area contributed by atoms with Crippen LogP contribution >= 0.6 is 0 Å². The van der Waals surface area contributed by atoms with Gasteiger partial charge in [0.2, 0.25) is 5.91 Å². The third-order valence-corrected chi connectivity index (χ3v) is 5.07. The number of benzene rings is 1. The Morgan fingerprint density at radius 3 is 2.23 bits per heavy atom. The molecular formula is C18H20N4O7S. The molecule has 0 radical (unpaired) electrons. The average molecular weight is 436 g/mol. The van der Waals surface area contributed by atoms with Crippen molar-refractivity contribution < 1.29 is 23.4 Å². The maximum Gasteiger partial charge on any atom is 0.298 e. The Labute approximate surface area is 174 Å². The number of carbonyl (C=O) groups excluding carboxylic acids is 1. The van der Waals surface area contributed by atoms with E-state index in [1.165, 1.54) is 17.0 Å². The quantitative estimate of drug-likeness (QED) is 0.357. The molecule has 1 heterocycles. The number of nitro groups is 2. The normalized spacial score (nSPS) is 12.8. The summed E-state index contributed by atoms with van der Waals surface area (Å²) in [5.41, 5.74) is -0.472. The van der Waals surface area contributed by atoms with E-state index in [9.17, 15) is 29.2 Å². The summed E-state index contributed by atoms with van der Waals surface area (Å²) < 4.78 is 20.0. The third kappa shape index (κ3) is 5.21. The van der Waals surface area contributed by atoms with Crippen molar-refractivity contribution in [2.45, 2.75) is 25.5 Å². The zero-order chi connectivity index (χ0) is 22.4. The van der Waals surface area contributed by atoms with Crippen LogP contribution in [0.5, 0.6) is 0 Å². The molecular weight excluding hydrogens is 416 g/mol. The van der Waals surface area contributed by atoms with E-state index in [0.29, 0.717) is 24.2 Å². The van der Waals surface area contributed by atoms with Gasteiger partial charge < -0.3 is 9.45 Å². The minimum atomic E-state index is -2.05. The molecule has 2 atom stereocenters. The van der Waals surface area contributed by atoms with Crippen LogP contribution in [0.3, 0.4) is 0 Å². The monoisotopic (exact) mass is 436 g/mol. The van der Waals surface area contributed by atoms with Crippen molar-refractivity contribution in [3.8, 4) is 0 Å². The third-order valence-electron chi connectivity index (χ3n) is 4.49. The van der Waals surface area contributed by atoms with E-state index in [0.717, 1.165) is 12.3 Å². The first-order valence-electron chi connectivity index (χ1n) is 8.93. The summed E-state index contributed by atoms with van der Waals surface area (Å²) in [5.74, 6) is -1.71. The molecule has 0 aliphatic heterocycles. The fraction of sp³-hybridized carbons (Fsp3) is 0.333. The molecule has 0 aliphatic carbocycles. The number of carbonyl (C=O) groups is 1. The molecule has 1 N–H and O–H groups in total. The van der Waals surface area contributed by atoms with Gasteiger partial charge in [0.05, 0.1) is 21.7 Å². The SMILES string of the molecule is CCN(CC)C(=O)C(c1ccc(CS(=O)O)cc1)c1ncc([N+](=O)[O-])cc1[N+](=O)[O-]. The van der Waals surface area contributed by atoms with Crippen molar-refractivity contribution in [1.29, 1.82) is 0 Å². The Balaban J connectivity index is 2.65. The van der Waals surface area contributed by atoms with Crippen molar-refractivity contribution in [1.82, 2.24) is 9.88 Å². The molecule has 160 valence electrons. The summed E-state index contributed by atoms with van der Waals surface area (Å²) in [7, 11) is 0. The number of hydrogen-bond donors (Lipinski definition) is 1. The van der Waals surface area contributed by atoms with Gasteiger partial charge in [-0.2, -0.15) is 0 Å². The lowest BCUT2D eigenvalue weighted by Gasteiger charge is -2.25. The van der Waals surface area contributed by atoms with E-state index in [1.807, 2.05) is 0 Å². The van der Waals surface area contributed by atoms with Crippen molar-refractivity contribution >= 4 is 28.4 Å². The van der Waals surface area contributed by atoms with Gasteiger partial charge in [0, 0.05) is 13.1 Å². The molecule has 30 heavy (non-hydrogen) atoms. The number of aromatic nitrogens is 1. The number of likely N-dealkylation sites (N-methyl/N-ethyl adjacent to an activating group) is 1. The van der Waals surface area contributed by atoms with Gasteiger partial charge >= 0.3 is 0 Å². The molecule has 2 aromatic rings. The van der Waals surface area contributed by atoms with E-state index >= 15 is 0 Å². The van der Waals surface area contributed by atoms with Crippen molar-refractivity contribution in [2.24, 2.45) is 0 Å². The van der Waals surface area contributed by atoms with E-state index in [2.05, 4.69) is 4.98 Å². The van der Waals surface area contributed by atoms with E-state index in [-0.39, 0.29) is 11.4 Å². The van der Waals surface area contributed by atoms with Crippen LogP contribution in [0.25, 0.3) is 0 Å². The molecule has 11 nitrogen and oxygen atoms in total. The first kappa shape index (κ1) is 23.0. The highest BCUT2D eigenvalue weighted by molar-refractivity contribution is 7.78. The van der Waals surface area contributed by atoms with Crippen LogP contribution in [0.2, 0.25) is 0 Å². The van der Waals surface area contributed by atoms with E-state index < -0.39 is 44.1 Å². The molecule has 0 spiro atoms. The molecule has 0 saturated heterocycles. The minimum Gasteiger partial charge on any atom is -0.342 e. The molecule has 0 fully saturated rings. The van der Waals surface area contributed by atoms with Crippen molar-refractivity contribution in [2.75, 3.05) is 13.1 Å². The van der Waals surface area contributed by atoms with Crippen LogP contribution < -0.4 is 0 Å². The van der Waals surface area contributed by atoms with Crippen LogP contribution in [0, 0.1) is 20.2 Å². The predicted octanol–water partition coefficient (Wildman–Crippen LogP) is 2.62. The fourth-order valence-electron chi connectivity index (χ4n) is 3.01. The maximum atomic E-state index is 13.2. The smallest absolute Gasteiger partial charge is 0.298 e. The number of hydrogen-bond acceptors (Lipinski definition) is 7. The summed E-state index contributed by atoms with van der Waals surface area (Å²) in [4.78, 5) is 39.6. The van der Waals surface area contributed by atoms with E-state index in [1.54, 1.807) is 26.0 Å². The molecule has 2 unspecified atom stereocenters. The summed E-state index contributed by atoms with van der Waals surface area (Å²) in [6.07, 6.45) is 0.883. The van der Waals surface area contributed by atoms with Gasteiger partial charge in [0.1, 0.15) is 17.8 Å². The number of rotatable bonds is 9. The topological polar surface area (TPSA) is 157 Å². The first-order valence-corrected chi connectivity index (χ1v) is 10.2. The predicted molar refractivity (Wildman–Crippen MR) is 108 cm³/mol. The number of pyridine rings is 1. The Morgan fingerprint density at radius 2 is 1.77 bits per heavy atom. The molecule has 2 rings (SSSR count). The van der Waals surface area contributed by atoms with Crippen LogP contribution in [0.15, 0.2) is 36.5 Å². The summed E-state index contributed by atoms with van der Waals surface area (Å²) in [6, 6.07) is 6.93. The van der Waals surface area contributed by atoms with Gasteiger partial charge in [0.25, 0.3) is 11.4 Å². The Morgan fingerprint density at radius 1 is 1.17 bits per heavy atom. The standard InChI is InChI=1S/C18H20N4O7S/c1-3-20(4-2)18(23)16(13-7-5-12(6-8-13)11-30(28)29)17-15(22(26)27)9-14(10-19-17)21(24)25/h5-10,16H,3-4,11H2,1-2H3,(H,28,29). The maximum absolute atomic E-state index is 13.2. The number of amides is 1. The highest BCUT2D eigenvalue weighted by Crippen LogP contribution is 2.34. The highest BCUT2D eigenvalue weighted by atomic mass is 32.2. The average Bonchev–Trinajstić information content (AvgIpc) is 2.70. The highest BCUT2D eigenvalue weighted by Gasteiger charge is 2.35. The zero-order valence-corrected chi connectivity index (χ0v) is 17.1. The summed E-state index contributed by atoms with van der Waals surface area (Å²) in [5, 5.41) is 22.6. The number of nitrogens with zero attached hydrogens (tertiary/aromatic N) is 4. The first-order chi connectivity index (χ1) is 14.2. The summed E-state index contributed by atoms with van der Waals surface area (Å²) in [6.45, 7) is 4.23. The Kier molecular flexibility index (Phi) is 7.66. The lowest BCUT2D eigenvalue weighted by molar-refractivity contribution is -0.395. The van der Waals surface area contributed by atoms with Gasteiger partial charge in [-0.05, 0) is 25.0 Å². The molecule has 1 aromatic carbocycles. The second-order valence-electron chi connectivity index (χ2n) is 6.26.